The van der Waals surface area contributed by atoms with Crippen LogP contribution in [0.5, 0.6) is 0 Å². The van der Waals surface area contributed by atoms with E-state index in [0.717, 1.165) is 31.7 Å². The van der Waals surface area contributed by atoms with Crippen molar-refractivity contribution >= 4 is 23.3 Å². The zero-order chi connectivity index (χ0) is 17.6. The number of hydrogen-bond donors (Lipinski definition) is 2. The second-order valence-corrected chi connectivity index (χ2v) is 5.27. The molecule has 2 N–H and O–H groups in total. The van der Waals surface area contributed by atoms with Crippen LogP contribution in [-0.2, 0) is 4.79 Å². The first-order valence-corrected chi connectivity index (χ1v) is 7.27. The molecule has 0 aromatic heterocycles. The summed E-state index contributed by atoms with van der Waals surface area (Å²) in [5.74, 6) is -3.11. The Morgan fingerprint density at radius 3 is 2.57 bits per heavy atom. The Morgan fingerprint density at radius 2 is 2.09 bits per heavy atom. The number of anilines is 1. The molecule has 1 aromatic carbocycles. The van der Waals surface area contributed by atoms with Gasteiger partial charge in [-0.2, -0.15) is 13.2 Å². The van der Waals surface area contributed by atoms with E-state index in [-0.39, 0.29) is 10.8 Å². The lowest BCUT2D eigenvalue weighted by Gasteiger charge is -2.37. The standard InChI is InChI=1S/C12H16ClFN2.C2HF3O2/c1-2-9-8-15-5-6-16(9)10-3-4-12(14)11(13)7-10;3-2(4,5)1(6)7/h3-4,7,9,15H,2,5-6,8H2,1H3;(H,6,7). The van der Waals surface area contributed by atoms with E-state index < -0.39 is 12.1 Å². The SMILES string of the molecule is CCC1CNCCN1c1ccc(F)c(Cl)c1.O=C(O)C(F)(F)F. The second kappa shape index (κ2) is 8.35. The minimum Gasteiger partial charge on any atom is -0.475 e. The van der Waals surface area contributed by atoms with Crippen LogP contribution in [0.2, 0.25) is 5.02 Å². The van der Waals surface area contributed by atoms with Crippen molar-refractivity contribution < 1.29 is 27.5 Å². The number of nitrogens with one attached hydrogen (secondary N) is 1. The lowest BCUT2D eigenvalue weighted by Crippen LogP contribution is -2.51. The Bertz CT molecular complexity index is 540. The highest BCUT2D eigenvalue weighted by Crippen LogP contribution is 2.25. The van der Waals surface area contributed by atoms with Crippen LogP contribution in [-0.4, -0.2) is 42.9 Å². The quantitative estimate of drug-likeness (QED) is 0.798. The molecule has 0 radical (unpaired) electrons. The van der Waals surface area contributed by atoms with Crippen LogP contribution >= 0.6 is 11.6 Å². The number of carbonyl (C=O) groups is 1. The number of alkyl halides is 3. The van der Waals surface area contributed by atoms with Crippen molar-refractivity contribution in [3.8, 4) is 0 Å². The summed E-state index contributed by atoms with van der Waals surface area (Å²) in [4.78, 5) is 11.2. The van der Waals surface area contributed by atoms with E-state index in [9.17, 15) is 17.6 Å². The Labute approximate surface area is 136 Å². The number of halogens is 5. The van der Waals surface area contributed by atoms with Gasteiger partial charge in [-0.25, -0.2) is 9.18 Å². The van der Waals surface area contributed by atoms with Crippen LogP contribution in [0.1, 0.15) is 13.3 Å². The molecule has 0 spiro atoms. The number of nitrogens with zero attached hydrogens (tertiary/aromatic N) is 1. The number of hydrogen-bond acceptors (Lipinski definition) is 3. The minimum atomic E-state index is -5.08. The topological polar surface area (TPSA) is 52.6 Å². The summed E-state index contributed by atoms with van der Waals surface area (Å²) in [5.41, 5.74) is 1.01. The average Bonchev–Trinajstić information content (AvgIpc) is 2.49. The molecule has 1 saturated heterocycles. The van der Waals surface area contributed by atoms with Crippen molar-refractivity contribution in [1.29, 1.82) is 0 Å². The third-order valence-electron chi connectivity index (χ3n) is 3.30. The summed E-state index contributed by atoms with van der Waals surface area (Å²) in [7, 11) is 0. The summed E-state index contributed by atoms with van der Waals surface area (Å²) in [6.45, 7) is 5.05. The van der Waals surface area contributed by atoms with Gasteiger partial charge >= 0.3 is 12.1 Å². The zero-order valence-corrected chi connectivity index (χ0v) is 13.1. The highest BCUT2D eigenvalue weighted by molar-refractivity contribution is 6.31. The van der Waals surface area contributed by atoms with E-state index in [2.05, 4.69) is 17.1 Å². The number of piperazine rings is 1. The maximum absolute atomic E-state index is 13.1. The van der Waals surface area contributed by atoms with Crippen molar-refractivity contribution in [1.82, 2.24) is 5.32 Å². The van der Waals surface area contributed by atoms with Gasteiger partial charge in [-0.15, -0.1) is 0 Å². The van der Waals surface area contributed by atoms with Crippen LogP contribution in [0.25, 0.3) is 0 Å². The van der Waals surface area contributed by atoms with E-state index in [4.69, 9.17) is 21.5 Å². The Balaban J connectivity index is 0.000000322. The van der Waals surface area contributed by atoms with Crippen LogP contribution in [0.15, 0.2) is 18.2 Å². The summed E-state index contributed by atoms with van der Waals surface area (Å²) >= 11 is 5.81. The Morgan fingerprint density at radius 1 is 1.48 bits per heavy atom. The molecule has 0 saturated carbocycles. The molecule has 130 valence electrons. The first kappa shape index (κ1) is 19.5. The number of rotatable bonds is 2. The average molecular weight is 357 g/mol. The number of carboxylic acid groups (broad SMARTS) is 1. The molecule has 1 atom stereocenters. The lowest BCUT2D eigenvalue weighted by atomic mass is 10.1. The van der Waals surface area contributed by atoms with Crippen molar-refractivity contribution in [2.24, 2.45) is 0 Å². The van der Waals surface area contributed by atoms with Gasteiger partial charge in [0.15, 0.2) is 0 Å². The summed E-state index contributed by atoms with van der Waals surface area (Å²) < 4.78 is 44.8. The number of benzene rings is 1. The van der Waals surface area contributed by atoms with Gasteiger partial charge in [0, 0.05) is 31.4 Å². The molecule has 1 aliphatic rings. The molecule has 4 nitrogen and oxygen atoms in total. The molecule has 0 bridgehead atoms. The number of aliphatic carboxylic acids is 1. The molecular formula is C14H17ClF4N2O2. The molecular weight excluding hydrogens is 340 g/mol. The molecule has 1 heterocycles. The molecule has 9 heteroatoms. The number of carboxylic acids is 1. The summed E-state index contributed by atoms with van der Waals surface area (Å²) in [6, 6.07) is 5.42. The summed E-state index contributed by atoms with van der Waals surface area (Å²) in [5, 5.41) is 10.7. The van der Waals surface area contributed by atoms with E-state index in [0.29, 0.717) is 6.04 Å². The fourth-order valence-corrected chi connectivity index (χ4v) is 2.30. The van der Waals surface area contributed by atoms with Gasteiger partial charge < -0.3 is 15.3 Å². The van der Waals surface area contributed by atoms with Gasteiger partial charge in [-0.3, -0.25) is 0 Å². The molecule has 1 fully saturated rings. The van der Waals surface area contributed by atoms with Gasteiger partial charge in [0.05, 0.1) is 5.02 Å². The van der Waals surface area contributed by atoms with Crippen molar-refractivity contribution in [3.63, 3.8) is 0 Å². The van der Waals surface area contributed by atoms with Crippen LogP contribution in [0, 0.1) is 5.82 Å². The van der Waals surface area contributed by atoms with Crippen LogP contribution in [0.4, 0.5) is 23.2 Å². The van der Waals surface area contributed by atoms with E-state index in [1.54, 1.807) is 12.1 Å². The Kier molecular flexibility index (Phi) is 7.08. The van der Waals surface area contributed by atoms with Crippen molar-refractivity contribution in [2.75, 3.05) is 24.5 Å². The third kappa shape index (κ3) is 5.87. The van der Waals surface area contributed by atoms with Crippen molar-refractivity contribution in [2.45, 2.75) is 25.6 Å². The van der Waals surface area contributed by atoms with Gasteiger partial charge in [-0.05, 0) is 24.6 Å². The Hall–Kier alpha value is -1.54. The summed E-state index contributed by atoms with van der Waals surface area (Å²) in [6.07, 6.45) is -4.01. The predicted octanol–water partition coefficient (Wildman–Crippen LogP) is 3.30. The second-order valence-electron chi connectivity index (χ2n) is 4.86. The van der Waals surface area contributed by atoms with E-state index in [1.165, 1.54) is 6.07 Å². The molecule has 0 aliphatic carbocycles. The first-order valence-electron chi connectivity index (χ1n) is 6.89. The van der Waals surface area contributed by atoms with Gasteiger partial charge in [0.25, 0.3) is 0 Å². The maximum atomic E-state index is 13.1. The largest absolute Gasteiger partial charge is 0.490 e. The third-order valence-corrected chi connectivity index (χ3v) is 3.59. The van der Waals surface area contributed by atoms with Gasteiger partial charge in [-0.1, -0.05) is 18.5 Å². The zero-order valence-electron chi connectivity index (χ0n) is 12.3. The fourth-order valence-electron chi connectivity index (χ4n) is 2.13. The predicted molar refractivity (Wildman–Crippen MR) is 79.4 cm³/mol. The fraction of sp³-hybridized carbons (Fsp3) is 0.500. The normalized spacial score (nSPS) is 18.2. The highest BCUT2D eigenvalue weighted by atomic mass is 35.5. The van der Waals surface area contributed by atoms with Crippen molar-refractivity contribution in [3.05, 3.63) is 29.0 Å². The minimum absolute atomic E-state index is 0.200. The molecule has 23 heavy (non-hydrogen) atoms. The first-order chi connectivity index (χ1) is 10.7. The molecule has 1 unspecified atom stereocenters. The van der Waals surface area contributed by atoms with E-state index >= 15 is 0 Å². The van der Waals surface area contributed by atoms with Gasteiger partial charge in [0.2, 0.25) is 0 Å². The molecule has 1 aliphatic heterocycles. The van der Waals surface area contributed by atoms with Crippen LogP contribution in [0.3, 0.4) is 0 Å². The monoisotopic (exact) mass is 356 g/mol. The van der Waals surface area contributed by atoms with Crippen LogP contribution < -0.4 is 10.2 Å². The maximum Gasteiger partial charge on any atom is 0.490 e. The smallest absolute Gasteiger partial charge is 0.475 e. The molecule has 2 rings (SSSR count). The molecule has 1 aromatic rings. The van der Waals surface area contributed by atoms with Gasteiger partial charge in [0.1, 0.15) is 5.82 Å². The highest BCUT2D eigenvalue weighted by Gasteiger charge is 2.38. The lowest BCUT2D eigenvalue weighted by molar-refractivity contribution is -0.192. The molecule has 0 amide bonds. The van der Waals surface area contributed by atoms with E-state index in [1.807, 2.05) is 0 Å².